The van der Waals surface area contributed by atoms with Gasteiger partial charge in [0.1, 0.15) is 11.9 Å². The molecular weight excluding hydrogens is 423 g/mol. The second kappa shape index (κ2) is 9.90. The van der Waals surface area contributed by atoms with Gasteiger partial charge in [0.05, 0.1) is 11.2 Å². The van der Waals surface area contributed by atoms with Gasteiger partial charge in [0, 0.05) is 61.1 Å². The average molecular weight is 446 g/mol. The maximum absolute atomic E-state index is 14.7. The van der Waals surface area contributed by atoms with E-state index in [9.17, 15) is 14.0 Å². The number of rotatable bonds is 8. The van der Waals surface area contributed by atoms with Crippen LogP contribution >= 0.6 is 0 Å². The second-order valence-corrected chi connectivity index (χ2v) is 7.51. The van der Waals surface area contributed by atoms with Gasteiger partial charge in [-0.1, -0.05) is 0 Å². The molecule has 1 atom stereocenters. The standard InChI is InChI=1S/C24H23FN6O2/c1-15(32)28-10-4-16-13-29-22-20(16)11-17(25)12-21(22)23(30-19-3-2-7-27-14-19)24(33)31-18-5-8-26-9-6-18/h2-3,5-9,11-14,23,29-30H,4,10H2,1H3,(H,28,32)(H,26,31,33). The van der Waals surface area contributed by atoms with Gasteiger partial charge in [0.2, 0.25) is 5.91 Å². The third kappa shape index (κ3) is 5.32. The zero-order valence-corrected chi connectivity index (χ0v) is 17.9. The molecule has 0 radical (unpaired) electrons. The predicted molar refractivity (Wildman–Crippen MR) is 124 cm³/mol. The van der Waals surface area contributed by atoms with Crippen LogP contribution in [0.4, 0.5) is 15.8 Å². The molecule has 9 heteroatoms. The number of anilines is 2. The molecule has 2 amide bonds. The highest BCUT2D eigenvalue weighted by atomic mass is 19.1. The molecular formula is C24H23FN6O2. The third-order valence-electron chi connectivity index (χ3n) is 5.13. The van der Waals surface area contributed by atoms with Crippen molar-refractivity contribution in [3.8, 4) is 0 Å². The average Bonchev–Trinajstić information content (AvgIpc) is 3.21. The van der Waals surface area contributed by atoms with Crippen LogP contribution in [0.25, 0.3) is 10.9 Å². The third-order valence-corrected chi connectivity index (χ3v) is 5.13. The van der Waals surface area contributed by atoms with Crippen LogP contribution in [0.1, 0.15) is 24.1 Å². The molecule has 0 aliphatic rings. The quantitative estimate of drug-likeness (QED) is 0.331. The number of benzene rings is 1. The lowest BCUT2D eigenvalue weighted by Gasteiger charge is -2.21. The van der Waals surface area contributed by atoms with Crippen molar-refractivity contribution in [2.45, 2.75) is 19.4 Å². The fraction of sp³-hybridized carbons (Fsp3) is 0.167. The van der Waals surface area contributed by atoms with Gasteiger partial charge >= 0.3 is 0 Å². The lowest BCUT2D eigenvalue weighted by atomic mass is 10.00. The van der Waals surface area contributed by atoms with Gasteiger partial charge in [-0.15, -0.1) is 0 Å². The van der Waals surface area contributed by atoms with E-state index in [1.54, 1.807) is 55.2 Å². The molecule has 0 spiro atoms. The number of halogens is 1. The molecule has 4 N–H and O–H groups in total. The summed E-state index contributed by atoms with van der Waals surface area (Å²) < 4.78 is 14.7. The minimum Gasteiger partial charge on any atom is -0.369 e. The zero-order chi connectivity index (χ0) is 23.2. The van der Waals surface area contributed by atoms with Crippen LogP contribution in [-0.4, -0.2) is 33.3 Å². The molecule has 8 nitrogen and oxygen atoms in total. The molecule has 33 heavy (non-hydrogen) atoms. The first kappa shape index (κ1) is 21.9. The first-order valence-corrected chi connectivity index (χ1v) is 10.4. The highest BCUT2D eigenvalue weighted by Crippen LogP contribution is 2.31. The van der Waals surface area contributed by atoms with Crippen LogP contribution in [-0.2, 0) is 16.0 Å². The number of H-pyrrole nitrogens is 1. The Morgan fingerprint density at radius 3 is 2.64 bits per heavy atom. The van der Waals surface area contributed by atoms with Gasteiger partial charge in [-0.05, 0) is 48.4 Å². The fourth-order valence-electron chi connectivity index (χ4n) is 3.64. The zero-order valence-electron chi connectivity index (χ0n) is 17.9. The number of carbonyl (C=O) groups excluding carboxylic acids is 2. The number of amides is 2. The van der Waals surface area contributed by atoms with E-state index in [2.05, 4.69) is 30.9 Å². The van der Waals surface area contributed by atoms with E-state index in [4.69, 9.17) is 0 Å². The van der Waals surface area contributed by atoms with Gasteiger partial charge in [0.15, 0.2) is 0 Å². The molecule has 0 saturated carbocycles. The molecule has 0 bridgehead atoms. The lowest BCUT2D eigenvalue weighted by Crippen LogP contribution is -2.27. The number of hydrogen-bond donors (Lipinski definition) is 4. The maximum atomic E-state index is 14.7. The van der Waals surface area contributed by atoms with Crippen LogP contribution < -0.4 is 16.0 Å². The Morgan fingerprint density at radius 1 is 1.09 bits per heavy atom. The number of nitrogens with one attached hydrogen (secondary N) is 4. The minimum absolute atomic E-state index is 0.129. The Morgan fingerprint density at radius 2 is 1.91 bits per heavy atom. The normalized spacial score (nSPS) is 11.7. The van der Waals surface area contributed by atoms with Crippen LogP contribution in [0, 0.1) is 5.82 Å². The Bertz CT molecular complexity index is 1260. The lowest BCUT2D eigenvalue weighted by molar-refractivity contribution is -0.119. The monoisotopic (exact) mass is 446 g/mol. The minimum atomic E-state index is -0.914. The van der Waals surface area contributed by atoms with Gasteiger partial charge in [-0.2, -0.15) is 0 Å². The number of carbonyl (C=O) groups is 2. The van der Waals surface area contributed by atoms with E-state index in [0.717, 1.165) is 5.56 Å². The molecule has 168 valence electrons. The summed E-state index contributed by atoms with van der Waals surface area (Å²) in [5.41, 5.74) is 3.12. The summed E-state index contributed by atoms with van der Waals surface area (Å²) >= 11 is 0. The summed E-state index contributed by atoms with van der Waals surface area (Å²) in [6.07, 6.45) is 8.67. The van der Waals surface area contributed by atoms with Gasteiger partial charge < -0.3 is 20.9 Å². The van der Waals surface area contributed by atoms with Crippen molar-refractivity contribution in [3.05, 3.63) is 84.3 Å². The van der Waals surface area contributed by atoms with Crippen molar-refractivity contribution in [2.75, 3.05) is 17.2 Å². The summed E-state index contributed by atoms with van der Waals surface area (Å²) in [5.74, 6) is -0.964. The molecule has 0 fully saturated rings. The van der Waals surface area contributed by atoms with Crippen molar-refractivity contribution < 1.29 is 14.0 Å². The first-order chi connectivity index (χ1) is 16.0. The highest BCUT2D eigenvalue weighted by Gasteiger charge is 2.25. The van der Waals surface area contributed by atoms with E-state index < -0.39 is 11.9 Å². The van der Waals surface area contributed by atoms with Crippen LogP contribution in [0.2, 0.25) is 0 Å². The van der Waals surface area contributed by atoms with Gasteiger partial charge in [0.25, 0.3) is 5.91 Å². The molecule has 3 heterocycles. The molecule has 3 aromatic heterocycles. The number of pyridine rings is 2. The van der Waals surface area contributed by atoms with E-state index in [0.29, 0.717) is 40.8 Å². The molecule has 0 aliphatic carbocycles. The summed E-state index contributed by atoms with van der Waals surface area (Å²) in [5, 5.41) is 9.42. The van der Waals surface area contributed by atoms with Crippen molar-refractivity contribution in [1.82, 2.24) is 20.3 Å². The largest absolute Gasteiger partial charge is 0.369 e. The van der Waals surface area contributed by atoms with Crippen molar-refractivity contribution in [1.29, 1.82) is 0 Å². The fourth-order valence-corrected chi connectivity index (χ4v) is 3.64. The maximum Gasteiger partial charge on any atom is 0.251 e. The Hall–Kier alpha value is -4.27. The van der Waals surface area contributed by atoms with Crippen molar-refractivity contribution in [2.24, 2.45) is 0 Å². The Balaban J connectivity index is 1.72. The predicted octanol–water partition coefficient (Wildman–Crippen LogP) is 3.57. The van der Waals surface area contributed by atoms with Crippen LogP contribution in [0.5, 0.6) is 0 Å². The summed E-state index contributed by atoms with van der Waals surface area (Å²) in [7, 11) is 0. The number of fused-ring (bicyclic) bond motifs is 1. The molecule has 0 saturated heterocycles. The Labute approximate surface area is 189 Å². The highest BCUT2D eigenvalue weighted by molar-refractivity contribution is 6.00. The number of nitrogens with zero attached hydrogens (tertiary/aromatic N) is 2. The van der Waals surface area contributed by atoms with Gasteiger partial charge in [-0.25, -0.2) is 4.39 Å². The molecule has 1 unspecified atom stereocenters. The molecule has 4 aromatic rings. The van der Waals surface area contributed by atoms with E-state index >= 15 is 0 Å². The summed E-state index contributed by atoms with van der Waals surface area (Å²) in [4.78, 5) is 35.7. The molecule has 1 aromatic carbocycles. The van der Waals surface area contributed by atoms with Crippen LogP contribution in [0.3, 0.4) is 0 Å². The SMILES string of the molecule is CC(=O)NCCc1c[nH]c2c(C(Nc3cccnc3)C(=O)Nc3ccncc3)cc(F)cc12. The van der Waals surface area contributed by atoms with E-state index in [1.165, 1.54) is 19.1 Å². The second-order valence-electron chi connectivity index (χ2n) is 7.51. The van der Waals surface area contributed by atoms with Gasteiger partial charge in [-0.3, -0.25) is 19.6 Å². The number of aromatic amines is 1. The van der Waals surface area contributed by atoms with Crippen molar-refractivity contribution in [3.63, 3.8) is 0 Å². The topological polar surface area (TPSA) is 112 Å². The van der Waals surface area contributed by atoms with Crippen molar-refractivity contribution >= 4 is 34.1 Å². The Kier molecular flexibility index (Phi) is 6.58. The number of hydrogen-bond acceptors (Lipinski definition) is 5. The van der Waals surface area contributed by atoms with Crippen LogP contribution in [0.15, 0.2) is 67.4 Å². The first-order valence-electron chi connectivity index (χ1n) is 10.4. The summed E-state index contributed by atoms with van der Waals surface area (Å²) in [6.45, 7) is 1.87. The van der Waals surface area contributed by atoms with E-state index in [-0.39, 0.29) is 11.8 Å². The van der Waals surface area contributed by atoms with E-state index in [1.807, 2.05) is 0 Å². The molecule has 0 aliphatic heterocycles. The summed E-state index contributed by atoms with van der Waals surface area (Å²) in [6, 6.07) is 8.74. The number of aromatic nitrogens is 3. The molecule has 4 rings (SSSR count). The smallest absolute Gasteiger partial charge is 0.251 e.